The summed E-state index contributed by atoms with van der Waals surface area (Å²) in [5.74, 6) is 2.53. The molecule has 0 saturated heterocycles. The van der Waals surface area contributed by atoms with Crippen LogP contribution in [0.1, 0.15) is 43.4 Å². The summed E-state index contributed by atoms with van der Waals surface area (Å²) in [6, 6.07) is 12.3. The highest BCUT2D eigenvalue weighted by Gasteiger charge is 2.56. The molecule has 5 nitrogen and oxygen atoms in total. The lowest BCUT2D eigenvalue weighted by Crippen LogP contribution is -2.43. The lowest BCUT2D eigenvalue weighted by Gasteiger charge is -2.23. The minimum atomic E-state index is -0.728. The number of ether oxygens (including phenoxy) is 2. The molecule has 2 aromatic rings. The van der Waals surface area contributed by atoms with Crippen LogP contribution in [0.25, 0.3) is 0 Å². The minimum Gasteiger partial charge on any atom is -0.493 e. The molecule has 1 spiro atoms. The van der Waals surface area contributed by atoms with Crippen LogP contribution in [0.4, 0.5) is 5.69 Å². The first-order chi connectivity index (χ1) is 14.6. The number of hydrogen-bond acceptors (Lipinski definition) is 4. The number of fused-ring (bicyclic) bond motifs is 5. The summed E-state index contributed by atoms with van der Waals surface area (Å²) in [5.41, 5.74) is 3.55. The number of nitrogens with zero attached hydrogens (tertiary/aromatic N) is 1. The van der Waals surface area contributed by atoms with E-state index in [1.165, 1.54) is 12.0 Å². The summed E-state index contributed by atoms with van der Waals surface area (Å²) in [5, 5.41) is 3.51. The van der Waals surface area contributed by atoms with Crippen LogP contribution < -0.4 is 19.7 Å². The highest BCUT2D eigenvalue weighted by atomic mass is 35.5. The molecule has 1 N–H and O–H groups in total. The highest BCUT2D eigenvalue weighted by molar-refractivity contribution is 6.11. The molecule has 0 bridgehead atoms. The van der Waals surface area contributed by atoms with Gasteiger partial charge in [-0.1, -0.05) is 32.0 Å². The van der Waals surface area contributed by atoms with Gasteiger partial charge in [-0.3, -0.25) is 4.79 Å². The molecule has 0 aromatic heterocycles. The Morgan fingerprint density at radius 1 is 1.10 bits per heavy atom. The van der Waals surface area contributed by atoms with Crippen LogP contribution in [-0.2, 0) is 16.6 Å². The molecule has 6 heteroatoms. The van der Waals surface area contributed by atoms with Gasteiger partial charge in [0.1, 0.15) is 23.5 Å². The van der Waals surface area contributed by atoms with E-state index in [1.54, 1.807) is 0 Å². The molecule has 3 aliphatic heterocycles. The molecule has 5 rings (SSSR count). The fourth-order valence-electron chi connectivity index (χ4n) is 4.95. The van der Waals surface area contributed by atoms with Crippen molar-refractivity contribution >= 4 is 24.0 Å². The van der Waals surface area contributed by atoms with E-state index in [-0.39, 0.29) is 18.3 Å². The molecule has 1 amide bonds. The predicted octanol–water partition coefficient (Wildman–Crippen LogP) is 4.09. The summed E-state index contributed by atoms with van der Waals surface area (Å²) in [4.78, 5) is 15.8. The molecule has 0 saturated carbocycles. The summed E-state index contributed by atoms with van der Waals surface area (Å²) in [6.45, 7) is 8.21. The maximum atomic E-state index is 13.9. The van der Waals surface area contributed by atoms with Crippen molar-refractivity contribution in [3.63, 3.8) is 0 Å². The lowest BCUT2D eigenvalue weighted by atomic mass is 9.76. The number of anilines is 1. The first-order valence-corrected chi connectivity index (χ1v) is 11.2. The zero-order chi connectivity index (χ0) is 20.7. The number of carbonyl (C=O) groups excluding carboxylic acids is 1. The maximum absolute atomic E-state index is 13.9. The van der Waals surface area contributed by atoms with Gasteiger partial charge in [0.2, 0.25) is 5.91 Å². The second-order valence-corrected chi connectivity index (χ2v) is 9.01. The number of hydrogen-bond donors (Lipinski definition) is 1. The van der Waals surface area contributed by atoms with Crippen molar-refractivity contribution in [1.82, 2.24) is 5.32 Å². The van der Waals surface area contributed by atoms with E-state index in [2.05, 4.69) is 37.4 Å². The van der Waals surface area contributed by atoms with Gasteiger partial charge in [-0.05, 0) is 55.1 Å². The predicted molar refractivity (Wildman–Crippen MR) is 125 cm³/mol. The Morgan fingerprint density at radius 3 is 2.77 bits per heavy atom. The number of nitrogens with one attached hydrogen (secondary N) is 1. The van der Waals surface area contributed by atoms with Crippen LogP contribution in [0.5, 0.6) is 11.5 Å². The van der Waals surface area contributed by atoms with Gasteiger partial charge in [0.25, 0.3) is 0 Å². The smallest absolute Gasteiger partial charge is 0.245 e. The topological polar surface area (TPSA) is 50.8 Å². The van der Waals surface area contributed by atoms with E-state index in [0.717, 1.165) is 60.8 Å². The Balaban J connectivity index is 0.00000231. The Bertz CT molecular complexity index is 977. The van der Waals surface area contributed by atoms with Crippen LogP contribution >= 0.6 is 12.4 Å². The minimum absolute atomic E-state index is 0. The normalized spacial score (nSPS) is 20.4. The van der Waals surface area contributed by atoms with Gasteiger partial charge in [-0.2, -0.15) is 0 Å². The molecule has 0 aliphatic carbocycles. The maximum Gasteiger partial charge on any atom is 0.245 e. The molecule has 166 valence electrons. The molecule has 1 atom stereocenters. The number of carbonyl (C=O) groups is 1. The van der Waals surface area contributed by atoms with Gasteiger partial charge in [-0.25, -0.2) is 0 Å². The Kier molecular flexibility index (Phi) is 6.18. The number of rotatable bonds is 7. The van der Waals surface area contributed by atoms with Gasteiger partial charge in [0, 0.05) is 30.3 Å². The number of halogens is 1. The fourth-order valence-corrected chi connectivity index (χ4v) is 4.95. The van der Waals surface area contributed by atoms with Crippen LogP contribution in [-0.4, -0.2) is 38.8 Å². The molecule has 31 heavy (non-hydrogen) atoms. The first-order valence-electron chi connectivity index (χ1n) is 11.2. The second-order valence-electron chi connectivity index (χ2n) is 9.01. The first kappa shape index (κ1) is 22.0. The number of amides is 1. The van der Waals surface area contributed by atoms with E-state index in [1.807, 2.05) is 23.1 Å². The third-order valence-electron chi connectivity index (χ3n) is 6.59. The van der Waals surface area contributed by atoms with E-state index < -0.39 is 5.41 Å². The van der Waals surface area contributed by atoms with E-state index >= 15 is 0 Å². The summed E-state index contributed by atoms with van der Waals surface area (Å²) < 4.78 is 11.8. The monoisotopic (exact) mass is 442 g/mol. The molecule has 2 aromatic carbocycles. The number of para-hydroxylation sites is 1. The standard InChI is InChI=1S/C25H30N2O3.ClH/c1-17(2)8-11-26-10-5-12-27-21-7-4-3-6-19(21)25(24(27)28)16-30-23-15-22-18(9-13-29-22)14-20(23)25;/h3-4,6-7,14-15,17,26H,5,8-13,16H2,1-2H3;1H. The Hall–Kier alpha value is -2.24. The van der Waals surface area contributed by atoms with Crippen molar-refractivity contribution in [2.75, 3.05) is 37.7 Å². The van der Waals surface area contributed by atoms with Crippen molar-refractivity contribution in [3.05, 3.63) is 53.1 Å². The van der Waals surface area contributed by atoms with Gasteiger partial charge in [0.15, 0.2) is 0 Å². The Morgan fingerprint density at radius 2 is 1.94 bits per heavy atom. The van der Waals surface area contributed by atoms with Crippen molar-refractivity contribution in [2.45, 2.75) is 38.5 Å². The third-order valence-corrected chi connectivity index (χ3v) is 6.59. The summed E-state index contributed by atoms with van der Waals surface area (Å²) in [6.07, 6.45) is 3.00. The van der Waals surface area contributed by atoms with Crippen molar-refractivity contribution in [1.29, 1.82) is 0 Å². The quantitative estimate of drug-likeness (QED) is 0.656. The SMILES string of the molecule is CC(C)CCNCCCN1C(=O)C2(COc3cc4c(cc32)CCO4)c2ccccc21.Cl. The van der Waals surface area contributed by atoms with Crippen molar-refractivity contribution < 1.29 is 14.3 Å². The summed E-state index contributed by atoms with van der Waals surface area (Å²) >= 11 is 0. The molecular formula is C25H31ClN2O3. The average molecular weight is 443 g/mol. The molecule has 3 heterocycles. The molecule has 0 fully saturated rings. The van der Waals surface area contributed by atoms with E-state index in [4.69, 9.17) is 9.47 Å². The zero-order valence-corrected chi connectivity index (χ0v) is 19.1. The highest BCUT2D eigenvalue weighted by Crippen LogP contribution is 2.53. The van der Waals surface area contributed by atoms with Gasteiger partial charge < -0.3 is 19.7 Å². The van der Waals surface area contributed by atoms with Crippen LogP contribution in [0.15, 0.2) is 36.4 Å². The van der Waals surface area contributed by atoms with E-state index in [0.29, 0.717) is 19.1 Å². The zero-order valence-electron chi connectivity index (χ0n) is 18.3. The Labute approximate surface area is 190 Å². The van der Waals surface area contributed by atoms with Crippen molar-refractivity contribution in [2.24, 2.45) is 5.92 Å². The lowest BCUT2D eigenvalue weighted by molar-refractivity contribution is -0.122. The number of benzene rings is 2. The molecular weight excluding hydrogens is 412 g/mol. The molecule has 3 aliphatic rings. The molecule has 1 unspecified atom stereocenters. The second kappa shape index (κ2) is 8.71. The van der Waals surface area contributed by atoms with Crippen LogP contribution in [0.2, 0.25) is 0 Å². The average Bonchev–Trinajstić information content (AvgIpc) is 3.41. The third kappa shape index (κ3) is 3.58. The van der Waals surface area contributed by atoms with E-state index in [9.17, 15) is 4.79 Å². The molecule has 0 radical (unpaired) electrons. The van der Waals surface area contributed by atoms with Crippen molar-refractivity contribution in [3.8, 4) is 11.5 Å². The van der Waals surface area contributed by atoms with Gasteiger partial charge >= 0.3 is 0 Å². The van der Waals surface area contributed by atoms with Crippen LogP contribution in [0.3, 0.4) is 0 Å². The largest absolute Gasteiger partial charge is 0.493 e. The van der Waals surface area contributed by atoms with Gasteiger partial charge in [0.05, 0.1) is 6.61 Å². The fraction of sp³-hybridized carbons (Fsp3) is 0.480. The van der Waals surface area contributed by atoms with Gasteiger partial charge in [-0.15, -0.1) is 12.4 Å². The summed E-state index contributed by atoms with van der Waals surface area (Å²) in [7, 11) is 0. The van der Waals surface area contributed by atoms with Crippen LogP contribution in [0, 0.1) is 5.92 Å².